The normalized spacial score (nSPS) is 20.1. The van der Waals surface area contributed by atoms with Gasteiger partial charge in [-0.25, -0.2) is 9.97 Å². The molecular weight excluding hydrogens is 334 g/mol. The number of rotatable bonds is 4. The Kier molecular flexibility index (Phi) is 5.26. The van der Waals surface area contributed by atoms with Crippen molar-refractivity contribution in [2.24, 2.45) is 0 Å². The lowest BCUT2D eigenvalue weighted by Crippen LogP contribution is -2.44. The van der Waals surface area contributed by atoms with E-state index in [1.807, 2.05) is 6.20 Å². The average Bonchev–Trinajstić information content (AvgIpc) is 3.15. The largest absolute Gasteiger partial charge is 0.378 e. The number of piperazine rings is 1. The van der Waals surface area contributed by atoms with Gasteiger partial charge in [-0.15, -0.1) is 11.3 Å². The van der Waals surface area contributed by atoms with E-state index in [4.69, 9.17) is 4.74 Å². The molecule has 25 heavy (non-hydrogen) atoms. The third-order valence-corrected chi connectivity index (χ3v) is 5.94. The third kappa shape index (κ3) is 4.00. The Hall–Kier alpha value is -1.54. The summed E-state index contributed by atoms with van der Waals surface area (Å²) in [5.41, 5.74) is 3.60. The minimum absolute atomic E-state index is 0.814. The Bertz CT molecular complexity index is 692. The highest BCUT2D eigenvalue weighted by Gasteiger charge is 2.19. The molecule has 0 radical (unpaired) electrons. The summed E-state index contributed by atoms with van der Waals surface area (Å²) in [5, 5.41) is 2.24. The van der Waals surface area contributed by atoms with Crippen molar-refractivity contribution in [2.45, 2.75) is 6.54 Å². The molecule has 0 N–H and O–H groups in total. The van der Waals surface area contributed by atoms with Crippen LogP contribution >= 0.6 is 11.3 Å². The lowest BCUT2D eigenvalue weighted by Gasteiger charge is -2.32. The molecule has 0 aromatic carbocycles. The molecule has 0 aliphatic carbocycles. The Labute approximate surface area is 153 Å². The van der Waals surface area contributed by atoms with Crippen LogP contribution < -0.4 is 4.90 Å². The van der Waals surface area contributed by atoms with Gasteiger partial charge in [-0.05, 0) is 13.1 Å². The fraction of sp³-hybridized carbons (Fsp3) is 0.556. The van der Waals surface area contributed by atoms with E-state index in [0.29, 0.717) is 0 Å². The summed E-state index contributed by atoms with van der Waals surface area (Å²) < 4.78 is 5.46. The monoisotopic (exact) mass is 359 g/mol. The first-order chi connectivity index (χ1) is 12.3. The fourth-order valence-electron chi connectivity index (χ4n) is 3.36. The number of ether oxygens (including phenoxy) is 1. The van der Waals surface area contributed by atoms with Crippen LogP contribution in [0, 0.1) is 0 Å². The van der Waals surface area contributed by atoms with Crippen LogP contribution in [-0.2, 0) is 11.3 Å². The minimum atomic E-state index is 0.814. The molecule has 7 heteroatoms. The highest BCUT2D eigenvalue weighted by Crippen LogP contribution is 2.33. The Morgan fingerprint density at radius 2 is 1.92 bits per heavy atom. The van der Waals surface area contributed by atoms with Gasteiger partial charge in [0.25, 0.3) is 0 Å². The van der Waals surface area contributed by atoms with Crippen molar-refractivity contribution in [1.82, 2.24) is 19.8 Å². The van der Waals surface area contributed by atoms with E-state index in [0.717, 1.165) is 64.7 Å². The summed E-state index contributed by atoms with van der Waals surface area (Å²) >= 11 is 1.78. The summed E-state index contributed by atoms with van der Waals surface area (Å²) in [4.78, 5) is 17.4. The van der Waals surface area contributed by atoms with Crippen molar-refractivity contribution in [3.8, 4) is 10.4 Å². The zero-order valence-corrected chi connectivity index (χ0v) is 15.5. The summed E-state index contributed by atoms with van der Waals surface area (Å²) in [7, 11) is 2.19. The van der Waals surface area contributed by atoms with Crippen LogP contribution in [0.1, 0.15) is 5.69 Å². The second-order valence-corrected chi connectivity index (χ2v) is 7.64. The lowest BCUT2D eigenvalue weighted by molar-refractivity contribution is 0.123. The average molecular weight is 359 g/mol. The van der Waals surface area contributed by atoms with E-state index in [2.05, 4.69) is 43.2 Å². The molecule has 2 aromatic rings. The van der Waals surface area contributed by atoms with Gasteiger partial charge in [0.2, 0.25) is 0 Å². The molecule has 0 atom stereocenters. The predicted molar refractivity (Wildman–Crippen MR) is 101 cm³/mol. The molecule has 134 valence electrons. The van der Waals surface area contributed by atoms with Gasteiger partial charge in [-0.2, -0.15) is 0 Å². The van der Waals surface area contributed by atoms with Crippen LogP contribution in [0.2, 0.25) is 0 Å². The number of morpholine rings is 1. The van der Waals surface area contributed by atoms with Gasteiger partial charge in [0.15, 0.2) is 0 Å². The van der Waals surface area contributed by atoms with Crippen LogP contribution in [-0.4, -0.2) is 79.3 Å². The molecule has 2 fully saturated rings. The maximum Gasteiger partial charge on any atom is 0.115 e. The quantitative estimate of drug-likeness (QED) is 0.829. The van der Waals surface area contributed by atoms with Gasteiger partial charge in [-0.3, -0.25) is 4.90 Å². The summed E-state index contributed by atoms with van der Waals surface area (Å²) in [5.74, 6) is 0. The molecule has 2 aliphatic rings. The molecule has 2 aliphatic heterocycles. The standard InChI is InChI=1S/C18H25N5OS/c1-21-2-4-22(5-3-21)12-17-16(11-19-14-20-17)18-10-15(13-25-18)23-6-8-24-9-7-23/h10-11,13-14H,2-9,12H2,1H3. The zero-order chi connectivity index (χ0) is 17.1. The summed E-state index contributed by atoms with van der Waals surface area (Å²) in [6.07, 6.45) is 3.64. The molecule has 4 heterocycles. The van der Waals surface area contributed by atoms with Gasteiger partial charge in [0.05, 0.1) is 18.9 Å². The SMILES string of the molecule is CN1CCN(Cc2ncncc2-c2cc(N3CCOCC3)cs2)CC1. The van der Waals surface area contributed by atoms with Crippen molar-refractivity contribution < 1.29 is 4.74 Å². The van der Waals surface area contributed by atoms with Gasteiger partial charge in [0, 0.05) is 73.5 Å². The van der Waals surface area contributed by atoms with E-state index in [1.165, 1.54) is 16.1 Å². The minimum Gasteiger partial charge on any atom is -0.378 e. The number of thiophene rings is 1. The number of nitrogens with zero attached hydrogens (tertiary/aromatic N) is 5. The first-order valence-corrected chi connectivity index (χ1v) is 9.79. The molecule has 2 aromatic heterocycles. The molecule has 0 amide bonds. The predicted octanol–water partition coefficient (Wildman–Crippen LogP) is 1.79. The van der Waals surface area contributed by atoms with Crippen LogP contribution in [0.15, 0.2) is 24.0 Å². The fourth-order valence-corrected chi connectivity index (χ4v) is 4.31. The Morgan fingerprint density at radius 1 is 1.12 bits per heavy atom. The van der Waals surface area contributed by atoms with Crippen molar-refractivity contribution in [2.75, 3.05) is 64.4 Å². The smallest absolute Gasteiger partial charge is 0.115 e. The van der Waals surface area contributed by atoms with Crippen molar-refractivity contribution in [3.63, 3.8) is 0 Å². The van der Waals surface area contributed by atoms with E-state index in [-0.39, 0.29) is 0 Å². The van der Waals surface area contributed by atoms with Crippen LogP contribution in [0.3, 0.4) is 0 Å². The Morgan fingerprint density at radius 3 is 2.72 bits per heavy atom. The number of aromatic nitrogens is 2. The number of hydrogen-bond acceptors (Lipinski definition) is 7. The Balaban J connectivity index is 1.51. The molecule has 4 rings (SSSR count). The van der Waals surface area contributed by atoms with E-state index in [1.54, 1.807) is 17.7 Å². The summed E-state index contributed by atoms with van der Waals surface area (Å²) in [6.45, 7) is 8.91. The molecule has 6 nitrogen and oxygen atoms in total. The van der Waals surface area contributed by atoms with E-state index in [9.17, 15) is 0 Å². The van der Waals surface area contributed by atoms with Gasteiger partial charge >= 0.3 is 0 Å². The molecule has 0 spiro atoms. The maximum absolute atomic E-state index is 5.46. The van der Waals surface area contributed by atoms with Crippen LogP contribution in [0.5, 0.6) is 0 Å². The molecule has 0 saturated carbocycles. The molecule has 2 saturated heterocycles. The highest BCUT2D eigenvalue weighted by atomic mass is 32.1. The number of hydrogen-bond donors (Lipinski definition) is 0. The second-order valence-electron chi connectivity index (χ2n) is 6.73. The lowest BCUT2D eigenvalue weighted by atomic mass is 10.1. The van der Waals surface area contributed by atoms with Crippen molar-refractivity contribution in [1.29, 1.82) is 0 Å². The molecular formula is C18H25N5OS. The van der Waals surface area contributed by atoms with Crippen molar-refractivity contribution >= 4 is 17.0 Å². The van der Waals surface area contributed by atoms with E-state index < -0.39 is 0 Å². The molecule has 0 bridgehead atoms. The number of anilines is 1. The van der Waals surface area contributed by atoms with Crippen LogP contribution in [0.4, 0.5) is 5.69 Å². The van der Waals surface area contributed by atoms with Gasteiger partial charge < -0.3 is 14.5 Å². The second kappa shape index (κ2) is 7.78. The summed E-state index contributed by atoms with van der Waals surface area (Å²) in [6, 6.07) is 2.28. The first-order valence-electron chi connectivity index (χ1n) is 8.91. The van der Waals surface area contributed by atoms with Gasteiger partial charge in [0.1, 0.15) is 6.33 Å². The van der Waals surface area contributed by atoms with E-state index >= 15 is 0 Å². The van der Waals surface area contributed by atoms with Crippen LogP contribution in [0.25, 0.3) is 10.4 Å². The number of likely N-dealkylation sites (N-methyl/N-ethyl adjacent to an activating group) is 1. The first kappa shape index (κ1) is 16.9. The maximum atomic E-state index is 5.46. The third-order valence-electron chi connectivity index (χ3n) is 4.99. The molecule has 0 unspecified atom stereocenters. The topological polar surface area (TPSA) is 44.7 Å². The van der Waals surface area contributed by atoms with Gasteiger partial charge in [-0.1, -0.05) is 0 Å². The zero-order valence-electron chi connectivity index (χ0n) is 14.7. The highest BCUT2D eigenvalue weighted by molar-refractivity contribution is 7.14. The van der Waals surface area contributed by atoms with Crippen molar-refractivity contribution in [3.05, 3.63) is 29.7 Å².